The van der Waals surface area contributed by atoms with Crippen LogP contribution in [0.2, 0.25) is 0 Å². The summed E-state index contributed by atoms with van der Waals surface area (Å²) in [6.45, 7) is 2.33. The molecular formula is C18H16N2O4S2. The van der Waals surface area contributed by atoms with Gasteiger partial charge in [-0.15, -0.1) is 0 Å². The number of thioether (sulfide) groups is 1. The van der Waals surface area contributed by atoms with Crippen molar-refractivity contribution in [2.24, 2.45) is 0 Å². The number of anilines is 1. The Hall–Kier alpha value is -2.58. The number of ether oxygens (including phenoxy) is 1. The number of rotatable bonds is 6. The van der Waals surface area contributed by atoms with Crippen LogP contribution in [0.3, 0.4) is 0 Å². The Balaban J connectivity index is 1.62. The third-order valence-electron chi connectivity index (χ3n) is 3.44. The highest BCUT2D eigenvalue weighted by Gasteiger charge is 2.33. The second-order valence-corrected chi connectivity index (χ2v) is 6.96. The van der Waals surface area contributed by atoms with Crippen LogP contribution in [0.5, 0.6) is 5.75 Å². The predicted molar refractivity (Wildman–Crippen MR) is 105 cm³/mol. The molecule has 2 amide bonds. The summed E-state index contributed by atoms with van der Waals surface area (Å²) in [5, 5.41) is 2.74. The van der Waals surface area contributed by atoms with Crippen molar-refractivity contribution in [1.29, 1.82) is 0 Å². The zero-order valence-corrected chi connectivity index (χ0v) is 15.6. The van der Waals surface area contributed by atoms with E-state index in [1.54, 1.807) is 42.5 Å². The van der Waals surface area contributed by atoms with Gasteiger partial charge in [-0.2, -0.15) is 0 Å². The third-order valence-corrected chi connectivity index (χ3v) is 4.82. The fraction of sp³-hybridized carbons (Fsp3) is 0.167. The fourth-order valence-corrected chi connectivity index (χ4v) is 3.52. The Bertz CT molecular complexity index is 845. The summed E-state index contributed by atoms with van der Waals surface area (Å²) in [5.74, 6) is 0.651. The predicted octanol–water partition coefficient (Wildman–Crippen LogP) is 3.52. The Morgan fingerprint density at radius 1 is 1.35 bits per heavy atom. The van der Waals surface area contributed by atoms with Crippen LogP contribution >= 0.6 is 24.0 Å². The maximum atomic E-state index is 12.5. The zero-order chi connectivity index (χ0) is 18.5. The number of benzene rings is 1. The van der Waals surface area contributed by atoms with Crippen LogP contribution in [-0.2, 0) is 9.59 Å². The number of hydrogen-bond donors (Lipinski definition) is 1. The van der Waals surface area contributed by atoms with E-state index < -0.39 is 0 Å². The quantitative estimate of drug-likeness (QED) is 0.603. The smallest absolute Gasteiger partial charge is 0.266 e. The molecule has 1 N–H and O–H groups in total. The van der Waals surface area contributed by atoms with E-state index in [0.717, 1.165) is 17.5 Å². The van der Waals surface area contributed by atoms with Crippen LogP contribution in [-0.4, -0.2) is 34.2 Å². The molecule has 0 aliphatic carbocycles. The van der Waals surface area contributed by atoms with E-state index >= 15 is 0 Å². The number of carbonyl (C=O) groups excluding carboxylic acids is 2. The van der Waals surface area contributed by atoms with Crippen molar-refractivity contribution >= 4 is 51.9 Å². The molecule has 8 heteroatoms. The van der Waals surface area contributed by atoms with Gasteiger partial charge in [-0.25, -0.2) is 0 Å². The summed E-state index contributed by atoms with van der Waals surface area (Å²) in [6.07, 6.45) is 3.14. The number of nitrogens with zero attached hydrogens (tertiary/aromatic N) is 1. The van der Waals surface area contributed by atoms with Gasteiger partial charge in [0.15, 0.2) is 0 Å². The first-order chi connectivity index (χ1) is 12.6. The molecule has 26 heavy (non-hydrogen) atoms. The molecule has 3 rings (SSSR count). The molecule has 0 spiro atoms. The number of hydrogen-bond acceptors (Lipinski definition) is 6. The highest BCUT2D eigenvalue weighted by atomic mass is 32.2. The minimum atomic E-state index is -0.329. The van der Waals surface area contributed by atoms with Crippen molar-refractivity contribution in [3.63, 3.8) is 0 Å². The molecule has 1 aliphatic rings. The minimum absolute atomic E-state index is 0.145. The molecule has 0 bridgehead atoms. The lowest BCUT2D eigenvalue weighted by atomic mass is 10.3. The van der Waals surface area contributed by atoms with E-state index in [1.807, 2.05) is 6.92 Å². The Labute approximate surface area is 160 Å². The standard InChI is InChI=1S/C18H16N2O4S2/c1-2-23-13-7-5-12(6-8-13)19-16(21)11-20-17(22)15(26-18(20)25)10-14-4-3-9-24-14/h3-10H,2,11H2,1H3,(H,19,21)/b15-10-. The largest absolute Gasteiger partial charge is 0.494 e. The molecule has 0 radical (unpaired) electrons. The van der Waals surface area contributed by atoms with E-state index in [-0.39, 0.29) is 18.4 Å². The van der Waals surface area contributed by atoms with Crippen molar-refractivity contribution in [2.45, 2.75) is 6.92 Å². The first-order valence-corrected chi connectivity index (χ1v) is 9.11. The van der Waals surface area contributed by atoms with E-state index in [0.29, 0.717) is 27.3 Å². The number of amides is 2. The van der Waals surface area contributed by atoms with Crippen LogP contribution in [0.15, 0.2) is 52.0 Å². The lowest BCUT2D eigenvalue weighted by Gasteiger charge is -2.14. The second kappa shape index (κ2) is 8.20. The monoisotopic (exact) mass is 388 g/mol. The number of furan rings is 1. The van der Waals surface area contributed by atoms with Gasteiger partial charge in [0, 0.05) is 11.8 Å². The molecule has 1 fully saturated rings. The van der Waals surface area contributed by atoms with Gasteiger partial charge < -0.3 is 14.5 Å². The van der Waals surface area contributed by atoms with Crippen molar-refractivity contribution < 1.29 is 18.7 Å². The number of nitrogens with one attached hydrogen (secondary N) is 1. The Morgan fingerprint density at radius 2 is 2.12 bits per heavy atom. The summed E-state index contributed by atoms with van der Waals surface area (Å²) in [6, 6.07) is 10.5. The van der Waals surface area contributed by atoms with Crippen molar-refractivity contribution in [1.82, 2.24) is 4.90 Å². The summed E-state index contributed by atoms with van der Waals surface area (Å²) >= 11 is 6.37. The topological polar surface area (TPSA) is 71.8 Å². The van der Waals surface area contributed by atoms with Crippen LogP contribution in [0.1, 0.15) is 12.7 Å². The zero-order valence-electron chi connectivity index (χ0n) is 13.9. The van der Waals surface area contributed by atoms with Crippen molar-refractivity contribution in [3.8, 4) is 5.75 Å². The SMILES string of the molecule is CCOc1ccc(NC(=O)CN2C(=O)/C(=C/c3ccco3)SC2=S)cc1. The van der Waals surface area contributed by atoms with Gasteiger partial charge in [-0.3, -0.25) is 14.5 Å². The molecular weight excluding hydrogens is 372 g/mol. The first kappa shape index (κ1) is 18.2. The molecule has 1 saturated heterocycles. The highest BCUT2D eigenvalue weighted by Crippen LogP contribution is 2.32. The van der Waals surface area contributed by atoms with Crippen LogP contribution in [0.4, 0.5) is 5.69 Å². The highest BCUT2D eigenvalue weighted by molar-refractivity contribution is 8.26. The molecule has 1 aliphatic heterocycles. The maximum absolute atomic E-state index is 12.5. The maximum Gasteiger partial charge on any atom is 0.266 e. The van der Waals surface area contributed by atoms with Gasteiger partial charge in [-0.1, -0.05) is 24.0 Å². The molecule has 0 unspecified atom stereocenters. The number of carbonyl (C=O) groups is 2. The van der Waals surface area contributed by atoms with Crippen molar-refractivity contribution in [3.05, 3.63) is 53.3 Å². The van der Waals surface area contributed by atoms with Gasteiger partial charge in [-0.05, 0) is 43.3 Å². The van der Waals surface area contributed by atoms with Crippen LogP contribution < -0.4 is 10.1 Å². The molecule has 0 atom stereocenters. The average Bonchev–Trinajstić information content (AvgIpc) is 3.21. The summed E-state index contributed by atoms with van der Waals surface area (Å²) in [4.78, 5) is 26.4. The molecule has 2 heterocycles. The van der Waals surface area contributed by atoms with E-state index in [9.17, 15) is 9.59 Å². The molecule has 0 saturated carbocycles. The number of thiocarbonyl (C=S) groups is 1. The molecule has 1 aromatic carbocycles. The average molecular weight is 388 g/mol. The third kappa shape index (κ3) is 4.33. The molecule has 1 aromatic heterocycles. The lowest BCUT2D eigenvalue weighted by Crippen LogP contribution is -2.36. The van der Waals surface area contributed by atoms with E-state index in [4.69, 9.17) is 21.4 Å². The first-order valence-electron chi connectivity index (χ1n) is 7.88. The normalized spacial score (nSPS) is 15.6. The molecule has 6 nitrogen and oxygen atoms in total. The fourth-order valence-electron chi connectivity index (χ4n) is 2.28. The van der Waals surface area contributed by atoms with E-state index in [2.05, 4.69) is 5.32 Å². The minimum Gasteiger partial charge on any atom is -0.494 e. The Kier molecular flexibility index (Phi) is 5.75. The van der Waals surface area contributed by atoms with Gasteiger partial charge in [0.25, 0.3) is 5.91 Å². The second-order valence-electron chi connectivity index (χ2n) is 5.29. The summed E-state index contributed by atoms with van der Waals surface area (Å²) in [7, 11) is 0. The summed E-state index contributed by atoms with van der Waals surface area (Å²) in [5.41, 5.74) is 0.620. The van der Waals surface area contributed by atoms with Crippen LogP contribution in [0.25, 0.3) is 6.08 Å². The van der Waals surface area contributed by atoms with Gasteiger partial charge >= 0.3 is 0 Å². The van der Waals surface area contributed by atoms with Gasteiger partial charge in [0.1, 0.15) is 22.4 Å². The van der Waals surface area contributed by atoms with Crippen LogP contribution in [0, 0.1) is 0 Å². The van der Waals surface area contributed by atoms with Gasteiger partial charge in [0.2, 0.25) is 5.91 Å². The molecule has 2 aromatic rings. The Morgan fingerprint density at radius 3 is 2.77 bits per heavy atom. The van der Waals surface area contributed by atoms with Gasteiger partial charge in [0.05, 0.1) is 17.8 Å². The molecule has 134 valence electrons. The van der Waals surface area contributed by atoms with Crippen molar-refractivity contribution in [2.75, 3.05) is 18.5 Å². The lowest BCUT2D eigenvalue weighted by molar-refractivity contribution is -0.126. The van der Waals surface area contributed by atoms with E-state index in [1.165, 1.54) is 11.2 Å². The summed E-state index contributed by atoms with van der Waals surface area (Å²) < 4.78 is 10.9.